The Bertz CT molecular complexity index is 312. The Morgan fingerprint density at radius 2 is 2.57 bits per heavy atom. The lowest BCUT2D eigenvalue weighted by Gasteiger charge is -2.09. The van der Waals surface area contributed by atoms with Crippen LogP contribution in [-0.2, 0) is 16.1 Å². The van der Waals surface area contributed by atoms with Gasteiger partial charge in [-0.05, 0) is 0 Å². The maximum Gasteiger partial charge on any atom is 0.239 e. The van der Waals surface area contributed by atoms with Gasteiger partial charge in [-0.2, -0.15) is 0 Å². The first-order valence-electron chi connectivity index (χ1n) is 3.99. The number of carbonyl (C=O) groups excluding carboxylic acids is 1. The molecule has 0 aliphatic heterocycles. The molecule has 0 fully saturated rings. The van der Waals surface area contributed by atoms with Crippen LogP contribution in [0.4, 0.5) is 0 Å². The molecular weight excluding hydrogens is 188 g/mol. The van der Waals surface area contributed by atoms with Crippen molar-refractivity contribution in [1.82, 2.24) is 15.0 Å². The quantitative estimate of drug-likeness (QED) is 0.598. The average Bonchev–Trinajstić information content (AvgIpc) is 2.51. The number of hydrogen-bond donors (Lipinski definition) is 2. The normalized spacial score (nSPS) is 12.7. The summed E-state index contributed by atoms with van der Waals surface area (Å²) in [4.78, 5) is 10.6. The number of nitrogens with zero attached hydrogens (tertiary/aromatic N) is 3. The fraction of sp³-hybridized carbons (Fsp3) is 0.571. The number of aliphatic hydroxyl groups excluding tert-OH is 1. The van der Waals surface area contributed by atoms with Crippen molar-refractivity contribution < 1.29 is 14.6 Å². The Labute approximate surface area is 80.5 Å². The van der Waals surface area contributed by atoms with E-state index in [1.165, 1.54) is 18.0 Å². The van der Waals surface area contributed by atoms with Crippen molar-refractivity contribution in [1.29, 1.82) is 0 Å². The second kappa shape index (κ2) is 4.68. The minimum Gasteiger partial charge on any atom is -0.384 e. The molecule has 1 amide bonds. The van der Waals surface area contributed by atoms with Crippen LogP contribution in [0, 0.1) is 0 Å². The molecule has 1 rings (SSSR count). The van der Waals surface area contributed by atoms with Crippen molar-refractivity contribution in [2.24, 2.45) is 5.73 Å². The van der Waals surface area contributed by atoms with Crippen molar-refractivity contribution in [3.05, 3.63) is 11.9 Å². The molecule has 0 spiro atoms. The van der Waals surface area contributed by atoms with E-state index in [0.717, 1.165) is 0 Å². The zero-order valence-electron chi connectivity index (χ0n) is 7.75. The molecule has 7 heteroatoms. The molecule has 0 aliphatic carbocycles. The van der Waals surface area contributed by atoms with E-state index >= 15 is 0 Å². The van der Waals surface area contributed by atoms with Gasteiger partial charge in [-0.1, -0.05) is 5.21 Å². The van der Waals surface area contributed by atoms with Crippen molar-refractivity contribution in [3.63, 3.8) is 0 Å². The van der Waals surface area contributed by atoms with Crippen LogP contribution in [0.2, 0.25) is 0 Å². The average molecular weight is 200 g/mol. The molecule has 1 aromatic rings. The first-order chi connectivity index (χ1) is 6.65. The van der Waals surface area contributed by atoms with Crippen molar-refractivity contribution in [3.8, 4) is 0 Å². The molecule has 78 valence electrons. The Balaban J connectivity index is 2.75. The van der Waals surface area contributed by atoms with E-state index in [2.05, 4.69) is 10.3 Å². The zero-order valence-corrected chi connectivity index (χ0v) is 7.75. The fourth-order valence-corrected chi connectivity index (χ4v) is 1.04. The second-order valence-electron chi connectivity index (χ2n) is 2.75. The van der Waals surface area contributed by atoms with Gasteiger partial charge in [0, 0.05) is 7.11 Å². The number of rotatable bonds is 5. The van der Waals surface area contributed by atoms with Crippen LogP contribution in [0.3, 0.4) is 0 Å². The third-order valence-corrected chi connectivity index (χ3v) is 1.62. The van der Waals surface area contributed by atoms with Crippen LogP contribution in [0.1, 0.15) is 11.8 Å². The number of methoxy groups -OCH3 is 1. The van der Waals surface area contributed by atoms with E-state index in [-0.39, 0.29) is 13.2 Å². The van der Waals surface area contributed by atoms with Gasteiger partial charge in [0.05, 0.1) is 18.5 Å². The lowest BCUT2D eigenvalue weighted by molar-refractivity contribution is -0.118. The molecule has 1 unspecified atom stereocenters. The highest BCUT2D eigenvalue weighted by atomic mass is 16.5. The molecule has 3 N–H and O–H groups in total. The maximum absolute atomic E-state index is 10.6. The van der Waals surface area contributed by atoms with Crippen LogP contribution in [0.25, 0.3) is 0 Å². The van der Waals surface area contributed by atoms with E-state index in [9.17, 15) is 9.90 Å². The van der Waals surface area contributed by atoms with E-state index in [1.807, 2.05) is 0 Å². The number of primary amides is 1. The molecule has 0 saturated carbocycles. The van der Waals surface area contributed by atoms with Crippen LogP contribution in [0.5, 0.6) is 0 Å². The van der Waals surface area contributed by atoms with Crippen LogP contribution < -0.4 is 5.73 Å². The van der Waals surface area contributed by atoms with E-state index in [4.69, 9.17) is 10.5 Å². The van der Waals surface area contributed by atoms with Gasteiger partial charge in [0.2, 0.25) is 5.91 Å². The highest BCUT2D eigenvalue weighted by Crippen LogP contribution is 2.10. The fourth-order valence-electron chi connectivity index (χ4n) is 1.04. The van der Waals surface area contributed by atoms with Crippen molar-refractivity contribution >= 4 is 5.91 Å². The zero-order chi connectivity index (χ0) is 10.6. The molecule has 14 heavy (non-hydrogen) atoms. The minimum absolute atomic E-state index is 0.101. The van der Waals surface area contributed by atoms with Crippen LogP contribution in [0.15, 0.2) is 6.20 Å². The number of nitrogens with two attached hydrogens (primary N) is 1. The van der Waals surface area contributed by atoms with Gasteiger partial charge in [-0.3, -0.25) is 4.79 Å². The summed E-state index contributed by atoms with van der Waals surface area (Å²) >= 11 is 0. The van der Waals surface area contributed by atoms with Gasteiger partial charge in [0.1, 0.15) is 12.6 Å². The SMILES string of the molecule is COCC(O)c1cnnn1CC(N)=O. The van der Waals surface area contributed by atoms with Gasteiger partial charge < -0.3 is 15.6 Å². The monoisotopic (exact) mass is 200 g/mol. The first kappa shape index (κ1) is 10.6. The molecular formula is C7H12N4O3. The lowest BCUT2D eigenvalue weighted by atomic mass is 10.3. The lowest BCUT2D eigenvalue weighted by Crippen LogP contribution is -2.22. The molecule has 0 aliphatic rings. The number of hydrogen-bond acceptors (Lipinski definition) is 5. The van der Waals surface area contributed by atoms with E-state index in [0.29, 0.717) is 5.69 Å². The molecule has 7 nitrogen and oxygen atoms in total. The summed E-state index contributed by atoms with van der Waals surface area (Å²) in [7, 11) is 1.46. The van der Waals surface area contributed by atoms with Crippen LogP contribution >= 0.6 is 0 Å². The Hall–Kier alpha value is -1.47. The number of aliphatic hydroxyl groups is 1. The summed E-state index contributed by atoms with van der Waals surface area (Å²) in [6.07, 6.45) is 0.515. The number of amides is 1. The second-order valence-corrected chi connectivity index (χ2v) is 2.75. The number of carbonyl (C=O) groups is 1. The molecule has 0 saturated heterocycles. The summed E-state index contributed by atoms with van der Waals surface area (Å²) in [6.45, 7) is 0.0161. The van der Waals surface area contributed by atoms with Crippen LogP contribution in [-0.4, -0.2) is 39.7 Å². The van der Waals surface area contributed by atoms with Gasteiger partial charge in [-0.25, -0.2) is 4.68 Å². The molecule has 0 bridgehead atoms. The molecule has 0 aromatic carbocycles. The van der Waals surface area contributed by atoms with Gasteiger partial charge in [-0.15, -0.1) is 5.10 Å². The topological polar surface area (TPSA) is 103 Å². The highest BCUT2D eigenvalue weighted by molar-refractivity contribution is 5.73. The van der Waals surface area contributed by atoms with Gasteiger partial charge >= 0.3 is 0 Å². The third kappa shape index (κ3) is 2.51. The first-order valence-corrected chi connectivity index (χ1v) is 3.99. The van der Waals surface area contributed by atoms with Crippen molar-refractivity contribution in [2.75, 3.05) is 13.7 Å². The minimum atomic E-state index is -0.852. The molecule has 1 atom stereocenters. The number of aromatic nitrogens is 3. The smallest absolute Gasteiger partial charge is 0.239 e. The summed E-state index contributed by atoms with van der Waals surface area (Å²) < 4.78 is 5.99. The highest BCUT2D eigenvalue weighted by Gasteiger charge is 2.14. The van der Waals surface area contributed by atoms with E-state index < -0.39 is 12.0 Å². The molecule has 1 heterocycles. The third-order valence-electron chi connectivity index (χ3n) is 1.62. The van der Waals surface area contributed by atoms with E-state index in [1.54, 1.807) is 0 Å². The van der Waals surface area contributed by atoms with Gasteiger partial charge in [0.25, 0.3) is 0 Å². The summed E-state index contributed by atoms with van der Waals surface area (Å²) in [6, 6.07) is 0. The standard InChI is InChI=1S/C7H12N4O3/c1-14-4-6(12)5-2-9-10-11(5)3-7(8)13/h2,6,12H,3-4H2,1H3,(H2,8,13). The Morgan fingerprint density at radius 1 is 1.86 bits per heavy atom. The summed E-state index contributed by atoms with van der Waals surface area (Å²) in [5.74, 6) is -0.540. The number of ether oxygens (including phenoxy) is 1. The van der Waals surface area contributed by atoms with Crippen molar-refractivity contribution in [2.45, 2.75) is 12.6 Å². The predicted molar refractivity (Wildman–Crippen MR) is 46.1 cm³/mol. The summed E-state index contributed by atoms with van der Waals surface area (Å²) in [5.41, 5.74) is 5.39. The summed E-state index contributed by atoms with van der Waals surface area (Å²) in [5, 5.41) is 16.7. The largest absolute Gasteiger partial charge is 0.384 e. The predicted octanol–water partition coefficient (Wildman–Crippen LogP) is -1.56. The van der Waals surface area contributed by atoms with Gasteiger partial charge in [0.15, 0.2) is 0 Å². The Morgan fingerprint density at radius 3 is 3.14 bits per heavy atom. The molecule has 1 aromatic heterocycles. The molecule has 0 radical (unpaired) electrons. The Kier molecular flexibility index (Phi) is 3.55. The maximum atomic E-state index is 10.6.